The fourth-order valence-corrected chi connectivity index (χ4v) is 5.02. The lowest BCUT2D eigenvalue weighted by atomic mass is 10.2. The Bertz CT molecular complexity index is 548. The molecule has 7 heteroatoms. The van der Waals surface area contributed by atoms with Crippen molar-refractivity contribution in [3.8, 4) is 0 Å². The minimum atomic E-state index is -3.10. The molecule has 1 aliphatic rings. The second-order valence-corrected chi connectivity index (χ2v) is 8.21. The van der Waals surface area contributed by atoms with Crippen molar-refractivity contribution in [2.75, 3.05) is 35.8 Å². The fourth-order valence-electron chi connectivity index (χ4n) is 2.19. The minimum Gasteiger partial charge on any atom is -0.338 e. The summed E-state index contributed by atoms with van der Waals surface area (Å²) >= 11 is 1.69. The van der Waals surface area contributed by atoms with Crippen LogP contribution in [-0.4, -0.2) is 49.6 Å². The van der Waals surface area contributed by atoms with E-state index in [0.717, 1.165) is 36.8 Å². The Hall–Kier alpha value is -0.790. The normalized spacial score (nSPS) is 20.1. The van der Waals surface area contributed by atoms with E-state index in [4.69, 9.17) is 0 Å². The molecule has 1 aromatic rings. The fraction of sp³-hybridized carbons (Fsp3) is 0.615. The van der Waals surface area contributed by atoms with Crippen molar-refractivity contribution in [3.63, 3.8) is 0 Å². The summed E-state index contributed by atoms with van der Waals surface area (Å²) in [5.74, 6) is 2.31. The first-order valence-corrected chi connectivity index (χ1v) is 9.82. The number of rotatable bonds is 5. The molecule has 1 fully saturated rings. The number of aromatic nitrogens is 1. The van der Waals surface area contributed by atoms with Crippen LogP contribution in [0.15, 0.2) is 18.3 Å². The summed E-state index contributed by atoms with van der Waals surface area (Å²) in [5.41, 5.74) is 1.13. The van der Waals surface area contributed by atoms with E-state index < -0.39 is 15.2 Å². The number of hydrogen-bond donors (Lipinski definition) is 1. The zero-order chi connectivity index (χ0) is 14.6. The Morgan fingerprint density at radius 3 is 3.05 bits per heavy atom. The SMILES string of the molecule is CCNCc1ccnc(N2CCSCC2S(C)(=O)=O)c1. The van der Waals surface area contributed by atoms with Gasteiger partial charge in [-0.3, -0.25) is 0 Å². The third kappa shape index (κ3) is 3.86. The standard InChI is InChI=1S/C13H21N3O2S2/c1-3-14-9-11-4-5-15-12(8-11)16-6-7-19-10-13(16)20(2,17)18/h4-5,8,13-14H,3,6-7,9-10H2,1-2H3. The lowest BCUT2D eigenvalue weighted by molar-refractivity contribution is 0.583. The molecule has 5 nitrogen and oxygen atoms in total. The maximum absolute atomic E-state index is 11.9. The highest BCUT2D eigenvalue weighted by molar-refractivity contribution is 8.01. The lowest BCUT2D eigenvalue weighted by Gasteiger charge is -2.35. The van der Waals surface area contributed by atoms with Crippen LogP contribution in [0.1, 0.15) is 12.5 Å². The third-order valence-electron chi connectivity index (χ3n) is 3.26. The van der Waals surface area contributed by atoms with Crippen LogP contribution in [0.5, 0.6) is 0 Å². The Morgan fingerprint density at radius 1 is 1.55 bits per heavy atom. The van der Waals surface area contributed by atoms with E-state index in [9.17, 15) is 8.42 Å². The maximum atomic E-state index is 11.9. The summed E-state index contributed by atoms with van der Waals surface area (Å²) in [4.78, 5) is 6.28. The molecule has 2 rings (SSSR count). The minimum absolute atomic E-state index is 0.469. The van der Waals surface area contributed by atoms with E-state index in [2.05, 4.69) is 17.2 Å². The zero-order valence-corrected chi connectivity index (χ0v) is 13.5. The molecule has 2 heterocycles. The number of thioether (sulfide) groups is 1. The number of pyridine rings is 1. The van der Waals surface area contributed by atoms with Gasteiger partial charge in [-0.05, 0) is 24.2 Å². The Kier molecular flexibility index (Phi) is 5.29. The van der Waals surface area contributed by atoms with Crippen molar-refractivity contribution in [1.29, 1.82) is 0 Å². The molecule has 1 N–H and O–H groups in total. The van der Waals surface area contributed by atoms with Crippen LogP contribution in [0, 0.1) is 0 Å². The highest BCUT2D eigenvalue weighted by atomic mass is 32.2. The number of anilines is 1. The van der Waals surface area contributed by atoms with E-state index in [0.29, 0.717) is 5.75 Å². The molecule has 0 aromatic carbocycles. The molecule has 0 radical (unpaired) electrons. The molecule has 1 aliphatic heterocycles. The predicted octanol–water partition coefficient (Wildman–Crippen LogP) is 1.11. The van der Waals surface area contributed by atoms with Gasteiger partial charge in [0.25, 0.3) is 0 Å². The van der Waals surface area contributed by atoms with Crippen molar-refractivity contribution in [1.82, 2.24) is 10.3 Å². The van der Waals surface area contributed by atoms with E-state index >= 15 is 0 Å². The van der Waals surface area contributed by atoms with Gasteiger partial charge in [0, 0.05) is 37.0 Å². The van der Waals surface area contributed by atoms with Gasteiger partial charge in [-0.2, -0.15) is 11.8 Å². The molecular weight excluding hydrogens is 294 g/mol. The van der Waals surface area contributed by atoms with Crippen LogP contribution in [0.25, 0.3) is 0 Å². The monoisotopic (exact) mass is 315 g/mol. The molecule has 0 bridgehead atoms. The van der Waals surface area contributed by atoms with Crippen LogP contribution in [-0.2, 0) is 16.4 Å². The summed E-state index contributed by atoms with van der Waals surface area (Å²) in [6.45, 7) is 4.46. The van der Waals surface area contributed by atoms with Crippen LogP contribution >= 0.6 is 11.8 Å². The molecule has 1 unspecified atom stereocenters. The van der Waals surface area contributed by atoms with Crippen molar-refractivity contribution < 1.29 is 8.42 Å². The number of sulfone groups is 1. The molecule has 1 aromatic heterocycles. The smallest absolute Gasteiger partial charge is 0.169 e. The number of hydrogen-bond acceptors (Lipinski definition) is 6. The average molecular weight is 315 g/mol. The second-order valence-electron chi connectivity index (χ2n) is 4.86. The lowest BCUT2D eigenvalue weighted by Crippen LogP contribution is -2.47. The topological polar surface area (TPSA) is 62.3 Å². The van der Waals surface area contributed by atoms with Crippen LogP contribution < -0.4 is 10.2 Å². The molecular formula is C13H21N3O2S2. The van der Waals surface area contributed by atoms with Crippen molar-refractivity contribution in [3.05, 3.63) is 23.9 Å². The molecule has 1 saturated heterocycles. The van der Waals surface area contributed by atoms with Gasteiger partial charge in [0.15, 0.2) is 9.84 Å². The molecule has 0 aliphatic carbocycles. The summed E-state index contributed by atoms with van der Waals surface area (Å²) in [5, 5.41) is 2.80. The summed E-state index contributed by atoms with van der Waals surface area (Å²) in [6, 6.07) is 3.94. The van der Waals surface area contributed by atoms with Gasteiger partial charge >= 0.3 is 0 Å². The maximum Gasteiger partial charge on any atom is 0.169 e. The zero-order valence-electron chi connectivity index (χ0n) is 11.9. The van der Waals surface area contributed by atoms with Crippen molar-refractivity contribution in [2.24, 2.45) is 0 Å². The van der Waals surface area contributed by atoms with Crippen molar-refractivity contribution in [2.45, 2.75) is 18.8 Å². The van der Waals surface area contributed by atoms with Crippen LogP contribution in [0.3, 0.4) is 0 Å². The number of nitrogens with one attached hydrogen (secondary N) is 1. The Labute approximate surface area is 125 Å². The van der Waals surface area contributed by atoms with E-state index in [1.807, 2.05) is 17.0 Å². The molecule has 0 amide bonds. The van der Waals surface area contributed by atoms with Gasteiger partial charge in [-0.25, -0.2) is 13.4 Å². The molecule has 20 heavy (non-hydrogen) atoms. The Balaban J connectivity index is 2.24. The van der Waals surface area contributed by atoms with Crippen LogP contribution in [0.2, 0.25) is 0 Å². The average Bonchev–Trinajstić information content (AvgIpc) is 2.44. The first-order valence-electron chi connectivity index (χ1n) is 6.71. The van der Waals surface area contributed by atoms with E-state index in [1.165, 1.54) is 6.26 Å². The van der Waals surface area contributed by atoms with E-state index in [1.54, 1.807) is 18.0 Å². The highest BCUT2D eigenvalue weighted by Gasteiger charge is 2.31. The number of nitrogens with zero attached hydrogens (tertiary/aromatic N) is 2. The van der Waals surface area contributed by atoms with Gasteiger partial charge in [0.2, 0.25) is 0 Å². The largest absolute Gasteiger partial charge is 0.338 e. The summed E-state index contributed by atoms with van der Waals surface area (Å²) < 4.78 is 23.9. The van der Waals surface area contributed by atoms with Crippen molar-refractivity contribution >= 4 is 27.4 Å². The van der Waals surface area contributed by atoms with Gasteiger partial charge in [-0.15, -0.1) is 0 Å². The van der Waals surface area contributed by atoms with Gasteiger partial charge in [0.1, 0.15) is 11.2 Å². The molecule has 112 valence electrons. The molecule has 0 saturated carbocycles. The van der Waals surface area contributed by atoms with Crippen LogP contribution in [0.4, 0.5) is 5.82 Å². The quantitative estimate of drug-likeness (QED) is 0.878. The molecule has 1 atom stereocenters. The van der Waals surface area contributed by atoms with E-state index in [-0.39, 0.29) is 0 Å². The van der Waals surface area contributed by atoms with Gasteiger partial charge in [-0.1, -0.05) is 6.92 Å². The highest BCUT2D eigenvalue weighted by Crippen LogP contribution is 2.25. The third-order valence-corrected chi connectivity index (χ3v) is 5.91. The molecule has 0 spiro atoms. The predicted molar refractivity (Wildman–Crippen MR) is 84.9 cm³/mol. The second kappa shape index (κ2) is 6.78. The van der Waals surface area contributed by atoms with Gasteiger partial charge in [0.05, 0.1) is 0 Å². The first-order chi connectivity index (χ1) is 9.52. The Morgan fingerprint density at radius 2 is 2.35 bits per heavy atom. The summed E-state index contributed by atoms with van der Waals surface area (Å²) in [6.07, 6.45) is 3.06. The summed E-state index contributed by atoms with van der Waals surface area (Å²) in [7, 11) is -3.10. The first kappa shape index (κ1) is 15.6. The van der Waals surface area contributed by atoms with Gasteiger partial charge < -0.3 is 10.2 Å².